The van der Waals surface area contributed by atoms with E-state index < -0.39 is 12.1 Å². The molecule has 0 unspecified atom stereocenters. The maximum Gasteiger partial charge on any atom is 0.407 e. The fourth-order valence-electron chi connectivity index (χ4n) is 4.97. The number of ether oxygens (including phenoxy) is 1. The number of nitrogens with two attached hydrogens (primary N) is 1. The summed E-state index contributed by atoms with van der Waals surface area (Å²) < 4.78 is 5.19. The largest absolute Gasteiger partial charge is 0.445 e. The van der Waals surface area contributed by atoms with E-state index >= 15 is 0 Å². The quantitative estimate of drug-likeness (QED) is 0.221. The second-order valence-corrected chi connectivity index (χ2v) is 10.2. The number of fused-ring (bicyclic) bond motifs is 2. The van der Waals surface area contributed by atoms with Gasteiger partial charge in [-0.3, -0.25) is 9.78 Å². The second kappa shape index (κ2) is 15.1. The van der Waals surface area contributed by atoms with Crippen LogP contribution in [-0.2, 0) is 29.0 Å². The van der Waals surface area contributed by atoms with Gasteiger partial charge in [0.1, 0.15) is 6.61 Å². The number of benzene rings is 2. The van der Waals surface area contributed by atoms with Crippen LogP contribution in [0.5, 0.6) is 0 Å². The van der Waals surface area contributed by atoms with Crippen molar-refractivity contribution >= 4 is 28.6 Å². The van der Waals surface area contributed by atoms with Crippen molar-refractivity contribution in [3.63, 3.8) is 0 Å². The molecule has 2 aromatic carbocycles. The molecule has 1 aliphatic carbocycles. The van der Waals surface area contributed by atoms with Crippen molar-refractivity contribution in [3.05, 3.63) is 71.4 Å². The van der Waals surface area contributed by atoms with Crippen molar-refractivity contribution in [2.75, 3.05) is 25.0 Å². The lowest BCUT2D eigenvalue weighted by Gasteiger charge is -2.21. The maximum absolute atomic E-state index is 12.3. The summed E-state index contributed by atoms with van der Waals surface area (Å²) in [6, 6.07) is 17.4. The molecule has 8 heteroatoms. The number of alkyl carbamates (subject to hydrolysis) is 1. The highest BCUT2D eigenvalue weighted by Gasteiger charge is 2.18. The van der Waals surface area contributed by atoms with E-state index in [0.29, 0.717) is 19.5 Å². The number of carbonyl (C=O) groups is 2. The van der Waals surface area contributed by atoms with Crippen LogP contribution in [-0.4, -0.2) is 42.7 Å². The fourth-order valence-corrected chi connectivity index (χ4v) is 4.97. The highest BCUT2D eigenvalue weighted by Crippen LogP contribution is 2.33. The van der Waals surface area contributed by atoms with Gasteiger partial charge in [-0.1, -0.05) is 48.5 Å². The van der Waals surface area contributed by atoms with E-state index in [0.717, 1.165) is 56.1 Å². The Bertz CT molecular complexity index is 1220. The molecule has 1 atom stereocenters. The maximum atomic E-state index is 12.3. The van der Waals surface area contributed by atoms with Crippen LogP contribution in [0.4, 0.5) is 10.5 Å². The zero-order valence-electron chi connectivity index (χ0n) is 22.7. The monoisotopic (exact) mass is 531 g/mol. The number of aryl methyl sites for hydroxylation is 1. The Morgan fingerprint density at radius 1 is 0.872 bits per heavy atom. The molecule has 0 radical (unpaired) electrons. The SMILES string of the molecule is N[C@@H](CCCCNC(=O)OCc1ccccc1)C(=O)NCCCCNc1c2c(nc3ccccc13)CCCC2. The lowest BCUT2D eigenvalue weighted by molar-refractivity contribution is -0.122. The van der Waals surface area contributed by atoms with Crippen LogP contribution in [0.2, 0.25) is 0 Å². The molecule has 3 aromatic rings. The molecule has 5 N–H and O–H groups in total. The first-order valence-electron chi connectivity index (χ1n) is 14.2. The molecule has 39 heavy (non-hydrogen) atoms. The Kier molecular flexibility index (Phi) is 11.0. The highest BCUT2D eigenvalue weighted by atomic mass is 16.5. The Hall–Kier alpha value is -3.65. The molecule has 1 aliphatic rings. The molecule has 0 saturated carbocycles. The topological polar surface area (TPSA) is 118 Å². The Labute approximate surface area is 231 Å². The Morgan fingerprint density at radius 3 is 2.46 bits per heavy atom. The normalized spacial score (nSPS) is 13.4. The Balaban J connectivity index is 1.06. The van der Waals surface area contributed by atoms with Crippen LogP contribution in [0.15, 0.2) is 54.6 Å². The van der Waals surface area contributed by atoms with Crippen LogP contribution in [0, 0.1) is 0 Å². The second-order valence-electron chi connectivity index (χ2n) is 10.2. The number of unbranched alkanes of at least 4 members (excludes halogenated alkanes) is 2. The first-order chi connectivity index (χ1) is 19.1. The van der Waals surface area contributed by atoms with Crippen LogP contribution in [0.25, 0.3) is 10.9 Å². The highest BCUT2D eigenvalue weighted by molar-refractivity contribution is 5.93. The van der Waals surface area contributed by atoms with Gasteiger partial charge >= 0.3 is 6.09 Å². The van der Waals surface area contributed by atoms with E-state index in [1.165, 1.54) is 35.2 Å². The van der Waals surface area contributed by atoms with E-state index in [1.807, 2.05) is 36.4 Å². The first-order valence-corrected chi connectivity index (χ1v) is 14.2. The van der Waals surface area contributed by atoms with Crippen molar-refractivity contribution in [1.29, 1.82) is 0 Å². The van der Waals surface area contributed by atoms with Crippen molar-refractivity contribution in [2.24, 2.45) is 5.73 Å². The van der Waals surface area contributed by atoms with Crippen LogP contribution < -0.4 is 21.7 Å². The first kappa shape index (κ1) is 28.4. The van der Waals surface area contributed by atoms with Gasteiger partial charge in [0.15, 0.2) is 0 Å². The third kappa shape index (κ3) is 8.68. The van der Waals surface area contributed by atoms with Gasteiger partial charge in [-0.25, -0.2) is 4.79 Å². The Morgan fingerprint density at radius 2 is 1.59 bits per heavy atom. The summed E-state index contributed by atoms with van der Waals surface area (Å²) >= 11 is 0. The number of aromatic nitrogens is 1. The fraction of sp³-hybridized carbons (Fsp3) is 0.452. The molecular formula is C31H41N5O3. The summed E-state index contributed by atoms with van der Waals surface area (Å²) in [7, 11) is 0. The van der Waals surface area contributed by atoms with Crippen molar-refractivity contribution < 1.29 is 14.3 Å². The minimum atomic E-state index is -0.539. The lowest BCUT2D eigenvalue weighted by Crippen LogP contribution is -2.41. The van der Waals surface area contributed by atoms with Crippen LogP contribution in [0.1, 0.15) is 61.8 Å². The number of para-hydroxylation sites is 1. The molecule has 1 aromatic heterocycles. The summed E-state index contributed by atoms with van der Waals surface area (Å²) in [6.45, 7) is 2.20. The summed E-state index contributed by atoms with van der Waals surface area (Å²) in [5.74, 6) is -0.118. The number of carbonyl (C=O) groups excluding carboxylic acids is 2. The van der Waals surface area contributed by atoms with Gasteiger partial charge in [-0.2, -0.15) is 0 Å². The lowest BCUT2D eigenvalue weighted by atomic mass is 9.92. The molecule has 0 saturated heterocycles. The number of hydrogen-bond donors (Lipinski definition) is 4. The smallest absolute Gasteiger partial charge is 0.407 e. The molecule has 2 amide bonds. The minimum absolute atomic E-state index is 0.118. The van der Waals surface area contributed by atoms with Crippen molar-refractivity contribution in [3.8, 4) is 0 Å². The summed E-state index contributed by atoms with van der Waals surface area (Å²) in [6.07, 6.45) is 8.02. The van der Waals surface area contributed by atoms with Crippen molar-refractivity contribution in [1.82, 2.24) is 15.6 Å². The molecule has 8 nitrogen and oxygen atoms in total. The van der Waals surface area contributed by atoms with E-state index in [-0.39, 0.29) is 12.5 Å². The molecule has 0 aliphatic heterocycles. The number of pyridine rings is 1. The van der Waals surface area contributed by atoms with Gasteiger partial charge < -0.3 is 26.4 Å². The van der Waals surface area contributed by atoms with E-state index in [2.05, 4.69) is 34.1 Å². The molecular weight excluding hydrogens is 490 g/mol. The van der Waals surface area contributed by atoms with Gasteiger partial charge in [-0.05, 0) is 75.0 Å². The molecule has 1 heterocycles. The summed E-state index contributed by atoms with van der Waals surface area (Å²) in [4.78, 5) is 29.0. The zero-order chi connectivity index (χ0) is 27.3. The van der Waals surface area contributed by atoms with Gasteiger partial charge in [0.25, 0.3) is 0 Å². The minimum Gasteiger partial charge on any atom is -0.445 e. The summed E-state index contributed by atoms with van der Waals surface area (Å²) in [5.41, 5.74) is 11.9. The molecule has 0 bridgehead atoms. The average Bonchev–Trinajstić information content (AvgIpc) is 2.97. The van der Waals surface area contributed by atoms with Gasteiger partial charge in [-0.15, -0.1) is 0 Å². The molecule has 0 spiro atoms. The third-order valence-electron chi connectivity index (χ3n) is 7.13. The van der Waals surface area contributed by atoms with Gasteiger partial charge in [0.05, 0.1) is 11.6 Å². The summed E-state index contributed by atoms with van der Waals surface area (Å²) in [5, 5.41) is 10.6. The van der Waals surface area contributed by atoms with E-state index in [1.54, 1.807) is 0 Å². The molecule has 4 rings (SSSR count). The molecule has 208 valence electrons. The van der Waals surface area contributed by atoms with E-state index in [9.17, 15) is 9.59 Å². The van der Waals surface area contributed by atoms with Crippen molar-refractivity contribution in [2.45, 2.75) is 70.4 Å². The average molecular weight is 532 g/mol. The van der Waals surface area contributed by atoms with Crippen LogP contribution in [0.3, 0.4) is 0 Å². The van der Waals surface area contributed by atoms with Gasteiger partial charge in [0.2, 0.25) is 5.91 Å². The van der Waals surface area contributed by atoms with Crippen LogP contribution >= 0.6 is 0 Å². The predicted octanol–water partition coefficient (Wildman–Crippen LogP) is 4.85. The predicted molar refractivity (Wildman–Crippen MR) is 156 cm³/mol. The third-order valence-corrected chi connectivity index (χ3v) is 7.13. The number of rotatable bonds is 14. The number of hydrogen-bond acceptors (Lipinski definition) is 6. The number of anilines is 1. The number of nitrogens with zero attached hydrogens (tertiary/aromatic N) is 1. The standard InChI is InChI=1S/C31H41N5O3/c32-26(16-8-9-21-35-31(38)39-22-23-12-2-1-3-13-23)30(37)34-20-11-10-19-33-29-24-14-4-6-17-27(24)36-28-18-7-5-15-25(28)29/h1-4,6,12-14,17,26H,5,7-11,15-16,18-22,32H2,(H,33,36)(H,34,37)(H,35,38)/t26-/m0/s1. The number of nitrogens with one attached hydrogen (secondary N) is 3. The number of amides is 2. The zero-order valence-corrected chi connectivity index (χ0v) is 22.7. The van der Waals surface area contributed by atoms with E-state index in [4.69, 9.17) is 15.5 Å². The van der Waals surface area contributed by atoms with Gasteiger partial charge in [0, 0.05) is 36.4 Å². The molecule has 0 fully saturated rings.